The molecule has 3 aromatic rings. The van der Waals surface area contributed by atoms with Crippen molar-refractivity contribution < 1.29 is 4.74 Å². The number of nitrogens with one attached hydrogen (secondary N) is 1. The molecule has 3 nitrogen and oxygen atoms in total. The molecule has 4 heteroatoms. The standard InChI is InChI=1S/C17H16N2OS/c1-12-10-14(20-2)8-9-15(12)19-16(11-18-17(19)21)13-6-4-3-5-7-13/h3-11H,1-2H3,(H,18,21). The van der Waals surface area contributed by atoms with Crippen molar-refractivity contribution in [1.82, 2.24) is 9.55 Å². The summed E-state index contributed by atoms with van der Waals surface area (Å²) in [5, 5.41) is 0. The predicted octanol–water partition coefficient (Wildman–Crippen LogP) is 4.52. The molecular formula is C17H16N2OS. The molecule has 0 atom stereocenters. The quantitative estimate of drug-likeness (QED) is 0.720. The van der Waals surface area contributed by atoms with Crippen LogP contribution < -0.4 is 4.74 Å². The molecule has 3 rings (SSSR count). The first kappa shape index (κ1) is 13.6. The number of aromatic nitrogens is 2. The Hall–Kier alpha value is -2.33. The summed E-state index contributed by atoms with van der Waals surface area (Å²) in [6.45, 7) is 2.06. The second-order valence-electron chi connectivity index (χ2n) is 4.83. The van der Waals surface area contributed by atoms with Gasteiger partial charge in [0, 0.05) is 11.8 Å². The zero-order chi connectivity index (χ0) is 14.8. The molecule has 0 fully saturated rings. The number of nitrogens with zero attached hydrogens (tertiary/aromatic N) is 1. The second-order valence-corrected chi connectivity index (χ2v) is 5.22. The van der Waals surface area contributed by atoms with Crippen LogP contribution >= 0.6 is 12.2 Å². The van der Waals surface area contributed by atoms with Crippen LogP contribution in [0.2, 0.25) is 0 Å². The van der Waals surface area contributed by atoms with Crippen LogP contribution in [0.15, 0.2) is 54.7 Å². The van der Waals surface area contributed by atoms with E-state index in [1.165, 1.54) is 0 Å². The number of hydrogen-bond donors (Lipinski definition) is 1. The van der Waals surface area contributed by atoms with Gasteiger partial charge >= 0.3 is 0 Å². The Morgan fingerprint density at radius 1 is 1.10 bits per heavy atom. The van der Waals surface area contributed by atoms with Crippen LogP contribution in [0.3, 0.4) is 0 Å². The Morgan fingerprint density at radius 3 is 2.52 bits per heavy atom. The van der Waals surface area contributed by atoms with Crippen LogP contribution in [0.25, 0.3) is 16.9 Å². The maximum atomic E-state index is 5.45. The zero-order valence-corrected chi connectivity index (χ0v) is 12.8. The number of methoxy groups -OCH3 is 1. The largest absolute Gasteiger partial charge is 0.497 e. The van der Waals surface area contributed by atoms with Crippen molar-refractivity contribution in [2.75, 3.05) is 7.11 Å². The number of ether oxygens (including phenoxy) is 1. The smallest absolute Gasteiger partial charge is 0.182 e. The normalized spacial score (nSPS) is 10.6. The fourth-order valence-corrected chi connectivity index (χ4v) is 2.69. The lowest BCUT2D eigenvalue weighted by Crippen LogP contribution is -2.00. The van der Waals surface area contributed by atoms with E-state index in [2.05, 4.69) is 28.6 Å². The van der Waals surface area contributed by atoms with Gasteiger partial charge in [-0.05, 0) is 42.9 Å². The first-order chi connectivity index (χ1) is 10.2. The summed E-state index contributed by atoms with van der Waals surface area (Å²) in [6, 6.07) is 16.2. The van der Waals surface area contributed by atoms with E-state index < -0.39 is 0 Å². The van der Waals surface area contributed by atoms with Crippen molar-refractivity contribution in [3.63, 3.8) is 0 Å². The van der Waals surface area contributed by atoms with E-state index in [9.17, 15) is 0 Å². The minimum absolute atomic E-state index is 0.683. The molecule has 0 saturated heterocycles. The van der Waals surface area contributed by atoms with E-state index >= 15 is 0 Å². The highest BCUT2D eigenvalue weighted by Crippen LogP contribution is 2.27. The molecule has 0 aliphatic carbocycles. The van der Waals surface area contributed by atoms with Crippen molar-refractivity contribution in [3.8, 4) is 22.7 Å². The lowest BCUT2D eigenvalue weighted by molar-refractivity contribution is 0.414. The molecule has 106 valence electrons. The number of aromatic amines is 1. The van der Waals surface area contributed by atoms with Gasteiger partial charge in [0.25, 0.3) is 0 Å². The Bertz CT molecular complexity index is 818. The molecular weight excluding hydrogens is 280 g/mol. The van der Waals surface area contributed by atoms with E-state index in [0.29, 0.717) is 4.77 Å². The van der Waals surface area contributed by atoms with Gasteiger partial charge in [-0.25, -0.2) is 0 Å². The third-order valence-corrected chi connectivity index (χ3v) is 3.79. The molecule has 2 aromatic carbocycles. The number of aryl methyl sites for hydroxylation is 1. The van der Waals surface area contributed by atoms with Gasteiger partial charge < -0.3 is 9.72 Å². The highest BCUT2D eigenvalue weighted by molar-refractivity contribution is 7.71. The third kappa shape index (κ3) is 2.50. The summed E-state index contributed by atoms with van der Waals surface area (Å²) in [4.78, 5) is 3.14. The van der Waals surface area contributed by atoms with Crippen molar-refractivity contribution in [2.45, 2.75) is 6.92 Å². The first-order valence-corrected chi connectivity index (χ1v) is 7.12. The molecule has 1 heterocycles. The number of rotatable bonds is 3. The SMILES string of the molecule is COc1ccc(-n2c(-c3ccccc3)c[nH]c2=S)c(C)c1. The predicted molar refractivity (Wildman–Crippen MR) is 87.7 cm³/mol. The molecule has 0 unspecified atom stereocenters. The Morgan fingerprint density at radius 2 is 1.86 bits per heavy atom. The fourth-order valence-electron chi connectivity index (χ4n) is 2.43. The zero-order valence-electron chi connectivity index (χ0n) is 12.0. The minimum Gasteiger partial charge on any atom is -0.497 e. The van der Waals surface area contributed by atoms with E-state index in [0.717, 1.165) is 28.3 Å². The van der Waals surface area contributed by atoms with Gasteiger partial charge in [0.2, 0.25) is 0 Å². The third-order valence-electron chi connectivity index (χ3n) is 3.49. The van der Waals surface area contributed by atoms with E-state index in [1.54, 1.807) is 7.11 Å². The molecule has 0 bridgehead atoms. The van der Waals surface area contributed by atoms with Crippen molar-refractivity contribution in [3.05, 3.63) is 65.1 Å². The van der Waals surface area contributed by atoms with Gasteiger partial charge in [-0.1, -0.05) is 30.3 Å². The first-order valence-electron chi connectivity index (χ1n) is 6.71. The Labute approximate surface area is 128 Å². The van der Waals surface area contributed by atoms with E-state index in [-0.39, 0.29) is 0 Å². The van der Waals surface area contributed by atoms with Gasteiger partial charge in [-0.15, -0.1) is 0 Å². The van der Waals surface area contributed by atoms with Crippen molar-refractivity contribution in [1.29, 1.82) is 0 Å². The van der Waals surface area contributed by atoms with E-state index in [1.807, 2.05) is 42.6 Å². The summed E-state index contributed by atoms with van der Waals surface area (Å²) in [5.41, 5.74) is 4.34. The summed E-state index contributed by atoms with van der Waals surface area (Å²) in [6.07, 6.45) is 1.95. The van der Waals surface area contributed by atoms with Crippen molar-refractivity contribution in [2.24, 2.45) is 0 Å². The molecule has 0 radical (unpaired) electrons. The fraction of sp³-hybridized carbons (Fsp3) is 0.118. The maximum absolute atomic E-state index is 5.45. The van der Waals surface area contributed by atoms with Crippen LogP contribution in [0, 0.1) is 11.7 Å². The van der Waals surface area contributed by atoms with Crippen LogP contribution in [0.1, 0.15) is 5.56 Å². The minimum atomic E-state index is 0.683. The lowest BCUT2D eigenvalue weighted by Gasteiger charge is -2.12. The van der Waals surface area contributed by atoms with Gasteiger partial charge in [0.1, 0.15) is 5.75 Å². The Balaban J connectivity index is 2.20. The monoisotopic (exact) mass is 296 g/mol. The molecule has 0 aliphatic heterocycles. The summed E-state index contributed by atoms with van der Waals surface area (Å²) < 4.78 is 8.01. The Kier molecular flexibility index (Phi) is 3.62. The second kappa shape index (κ2) is 5.58. The van der Waals surface area contributed by atoms with Gasteiger partial charge in [0.15, 0.2) is 4.77 Å². The lowest BCUT2D eigenvalue weighted by atomic mass is 10.1. The van der Waals surface area contributed by atoms with Crippen molar-refractivity contribution >= 4 is 12.2 Å². The summed E-state index contributed by atoms with van der Waals surface area (Å²) >= 11 is 5.45. The van der Waals surface area contributed by atoms with Gasteiger partial charge in [-0.2, -0.15) is 0 Å². The van der Waals surface area contributed by atoms with E-state index in [4.69, 9.17) is 17.0 Å². The summed E-state index contributed by atoms with van der Waals surface area (Å²) in [5.74, 6) is 0.847. The van der Waals surface area contributed by atoms with Crippen LogP contribution in [-0.2, 0) is 0 Å². The molecule has 0 amide bonds. The number of hydrogen-bond acceptors (Lipinski definition) is 2. The van der Waals surface area contributed by atoms with Crippen LogP contribution in [-0.4, -0.2) is 16.7 Å². The number of benzene rings is 2. The van der Waals surface area contributed by atoms with Gasteiger partial charge in [0.05, 0.1) is 18.5 Å². The summed E-state index contributed by atoms with van der Waals surface area (Å²) in [7, 11) is 1.67. The maximum Gasteiger partial charge on any atom is 0.182 e. The molecule has 0 aliphatic rings. The average molecular weight is 296 g/mol. The highest BCUT2D eigenvalue weighted by atomic mass is 32.1. The number of imidazole rings is 1. The molecule has 0 saturated carbocycles. The molecule has 1 aromatic heterocycles. The molecule has 0 spiro atoms. The van der Waals surface area contributed by atoms with Gasteiger partial charge in [-0.3, -0.25) is 4.57 Å². The number of H-pyrrole nitrogens is 1. The highest BCUT2D eigenvalue weighted by Gasteiger charge is 2.11. The molecule has 21 heavy (non-hydrogen) atoms. The average Bonchev–Trinajstić information content (AvgIpc) is 2.89. The van der Waals surface area contributed by atoms with Crippen LogP contribution in [0.4, 0.5) is 0 Å². The molecule has 1 N–H and O–H groups in total. The van der Waals surface area contributed by atoms with Crippen LogP contribution in [0.5, 0.6) is 5.75 Å². The topological polar surface area (TPSA) is 29.9 Å².